The van der Waals surface area contributed by atoms with Crippen molar-refractivity contribution in [2.75, 3.05) is 18.4 Å². The molecule has 1 fully saturated rings. The van der Waals surface area contributed by atoms with Crippen molar-refractivity contribution >= 4 is 44.8 Å². The fourth-order valence-corrected chi connectivity index (χ4v) is 6.29. The number of nitrogens with zero attached hydrogens (tertiary/aromatic N) is 1. The molecule has 156 valence electrons. The van der Waals surface area contributed by atoms with Gasteiger partial charge in [0.2, 0.25) is 15.9 Å². The van der Waals surface area contributed by atoms with Crippen molar-refractivity contribution in [1.29, 1.82) is 0 Å². The number of nitrogens with one attached hydrogen (secondary N) is 1. The minimum atomic E-state index is -3.68. The Morgan fingerprint density at radius 3 is 2.38 bits per heavy atom. The summed E-state index contributed by atoms with van der Waals surface area (Å²) in [6, 6.07) is 8.58. The molecular formula is C21H24Cl2N2O3S. The fourth-order valence-electron chi connectivity index (χ4n) is 3.90. The molecule has 0 radical (unpaired) electrons. The van der Waals surface area contributed by atoms with Crippen LogP contribution in [0.1, 0.15) is 29.5 Å². The zero-order valence-electron chi connectivity index (χ0n) is 16.6. The Bertz CT molecular complexity index is 1030. The molecule has 1 aliphatic rings. The summed E-state index contributed by atoms with van der Waals surface area (Å²) < 4.78 is 28.1. The van der Waals surface area contributed by atoms with Gasteiger partial charge in [0.1, 0.15) is 0 Å². The van der Waals surface area contributed by atoms with Crippen LogP contribution < -0.4 is 5.32 Å². The number of hydrogen-bond donors (Lipinski definition) is 1. The van der Waals surface area contributed by atoms with Crippen LogP contribution in [0.15, 0.2) is 35.2 Å². The van der Waals surface area contributed by atoms with Crippen molar-refractivity contribution in [3.05, 3.63) is 57.1 Å². The van der Waals surface area contributed by atoms with Gasteiger partial charge in [-0.3, -0.25) is 4.79 Å². The number of benzene rings is 2. The highest BCUT2D eigenvalue weighted by Crippen LogP contribution is 2.30. The van der Waals surface area contributed by atoms with Gasteiger partial charge in [0.25, 0.3) is 0 Å². The first kappa shape index (κ1) is 22.1. The predicted molar refractivity (Wildman–Crippen MR) is 117 cm³/mol. The van der Waals surface area contributed by atoms with Crippen LogP contribution in [-0.4, -0.2) is 31.7 Å². The summed E-state index contributed by atoms with van der Waals surface area (Å²) in [7, 11) is -3.68. The molecule has 1 N–H and O–H groups in total. The number of hydrogen-bond acceptors (Lipinski definition) is 3. The van der Waals surface area contributed by atoms with Crippen molar-refractivity contribution in [1.82, 2.24) is 4.31 Å². The van der Waals surface area contributed by atoms with Crippen molar-refractivity contribution in [2.24, 2.45) is 5.92 Å². The molecule has 8 heteroatoms. The van der Waals surface area contributed by atoms with Crippen LogP contribution in [-0.2, 0) is 14.8 Å². The van der Waals surface area contributed by atoms with Crippen molar-refractivity contribution in [3.63, 3.8) is 0 Å². The number of piperidine rings is 1. The third-order valence-electron chi connectivity index (χ3n) is 5.15. The number of aryl methyl sites for hydroxylation is 3. The van der Waals surface area contributed by atoms with Crippen LogP contribution in [0.5, 0.6) is 0 Å². The molecule has 0 bridgehead atoms. The molecule has 1 aliphatic heterocycles. The first-order valence-corrected chi connectivity index (χ1v) is 11.6. The number of amides is 1. The van der Waals surface area contributed by atoms with Gasteiger partial charge in [0.05, 0.1) is 21.5 Å². The summed E-state index contributed by atoms with van der Waals surface area (Å²) in [6.07, 6.45) is 1.24. The van der Waals surface area contributed by atoms with E-state index in [-0.39, 0.29) is 12.5 Å². The first-order chi connectivity index (χ1) is 13.6. The molecule has 3 rings (SSSR count). The minimum absolute atomic E-state index is 0.145. The third-order valence-corrected chi connectivity index (χ3v) is 7.87. The highest BCUT2D eigenvalue weighted by atomic mass is 35.5. The van der Waals surface area contributed by atoms with Gasteiger partial charge in [-0.05, 0) is 62.9 Å². The van der Waals surface area contributed by atoms with Crippen LogP contribution in [0.2, 0.25) is 10.0 Å². The molecule has 1 amide bonds. The van der Waals surface area contributed by atoms with Crippen LogP contribution in [0.4, 0.5) is 5.69 Å². The topological polar surface area (TPSA) is 66.5 Å². The highest BCUT2D eigenvalue weighted by Gasteiger charge is 2.35. The van der Waals surface area contributed by atoms with Crippen molar-refractivity contribution in [3.8, 4) is 0 Å². The summed E-state index contributed by atoms with van der Waals surface area (Å²) in [4.78, 5) is 13.1. The van der Waals surface area contributed by atoms with E-state index in [9.17, 15) is 13.2 Å². The lowest BCUT2D eigenvalue weighted by Gasteiger charge is -2.32. The molecule has 0 spiro atoms. The predicted octanol–water partition coefficient (Wildman–Crippen LogP) is 4.96. The van der Waals surface area contributed by atoms with E-state index in [1.165, 1.54) is 4.31 Å². The molecule has 1 heterocycles. The zero-order valence-corrected chi connectivity index (χ0v) is 19.0. The number of rotatable bonds is 4. The monoisotopic (exact) mass is 454 g/mol. The smallest absolute Gasteiger partial charge is 0.243 e. The maximum atomic E-state index is 13.3. The summed E-state index contributed by atoms with van der Waals surface area (Å²) in [5, 5.41) is 3.62. The van der Waals surface area contributed by atoms with Gasteiger partial charge < -0.3 is 5.32 Å². The molecule has 1 atom stereocenters. The molecule has 0 aromatic heterocycles. The van der Waals surface area contributed by atoms with E-state index in [0.29, 0.717) is 40.0 Å². The van der Waals surface area contributed by atoms with Crippen molar-refractivity contribution < 1.29 is 13.2 Å². The van der Waals surface area contributed by atoms with E-state index in [4.69, 9.17) is 23.2 Å². The Labute approximate surface area is 182 Å². The zero-order chi connectivity index (χ0) is 21.3. The van der Waals surface area contributed by atoms with Gasteiger partial charge in [-0.15, -0.1) is 0 Å². The fraction of sp³-hybridized carbons (Fsp3) is 0.381. The molecule has 29 heavy (non-hydrogen) atoms. The quantitative estimate of drug-likeness (QED) is 0.709. The minimum Gasteiger partial charge on any atom is -0.324 e. The summed E-state index contributed by atoms with van der Waals surface area (Å²) in [6.45, 7) is 6.11. The maximum Gasteiger partial charge on any atom is 0.243 e. The van der Waals surface area contributed by atoms with E-state index in [2.05, 4.69) is 5.32 Å². The number of carbonyl (C=O) groups excluding carboxylic acids is 1. The van der Waals surface area contributed by atoms with Gasteiger partial charge in [-0.1, -0.05) is 40.9 Å². The Kier molecular flexibility index (Phi) is 6.58. The van der Waals surface area contributed by atoms with E-state index in [1.807, 2.05) is 32.9 Å². The Morgan fingerprint density at radius 2 is 1.76 bits per heavy atom. The third kappa shape index (κ3) is 4.77. The normalized spacial score (nSPS) is 17.9. The second kappa shape index (κ2) is 8.64. The average Bonchev–Trinajstić information content (AvgIpc) is 2.63. The first-order valence-electron chi connectivity index (χ1n) is 9.43. The second-order valence-electron chi connectivity index (χ2n) is 7.54. The number of sulfonamides is 1. The SMILES string of the molecule is Cc1cc(C)c(S(=O)(=O)N2CCC[C@@H](C(=O)Nc3ccc(Cl)cc3Cl)C2)c(C)c1. The molecule has 0 aliphatic carbocycles. The summed E-state index contributed by atoms with van der Waals surface area (Å²) in [5.41, 5.74) is 2.94. The van der Waals surface area contributed by atoms with Gasteiger partial charge in [0.15, 0.2) is 0 Å². The average molecular weight is 455 g/mol. The Morgan fingerprint density at radius 1 is 1.10 bits per heavy atom. The van der Waals surface area contributed by atoms with Crippen LogP contribution in [0, 0.1) is 26.7 Å². The van der Waals surface area contributed by atoms with Crippen LogP contribution in [0.3, 0.4) is 0 Å². The van der Waals surface area contributed by atoms with Gasteiger partial charge >= 0.3 is 0 Å². The molecule has 2 aromatic carbocycles. The maximum absolute atomic E-state index is 13.3. The molecule has 0 unspecified atom stereocenters. The molecule has 0 saturated carbocycles. The number of halogens is 2. The number of anilines is 1. The molecular weight excluding hydrogens is 431 g/mol. The summed E-state index contributed by atoms with van der Waals surface area (Å²) >= 11 is 12.0. The molecule has 2 aromatic rings. The van der Waals surface area contributed by atoms with Crippen LogP contribution >= 0.6 is 23.2 Å². The van der Waals surface area contributed by atoms with E-state index in [1.54, 1.807) is 18.2 Å². The van der Waals surface area contributed by atoms with Crippen molar-refractivity contribution in [2.45, 2.75) is 38.5 Å². The van der Waals surface area contributed by atoms with Crippen LogP contribution in [0.25, 0.3) is 0 Å². The number of carbonyl (C=O) groups is 1. The Hall–Kier alpha value is -1.60. The lowest BCUT2D eigenvalue weighted by Crippen LogP contribution is -2.44. The lowest BCUT2D eigenvalue weighted by molar-refractivity contribution is -0.120. The second-order valence-corrected chi connectivity index (χ2v) is 10.3. The largest absolute Gasteiger partial charge is 0.324 e. The lowest BCUT2D eigenvalue weighted by atomic mass is 9.98. The summed E-state index contributed by atoms with van der Waals surface area (Å²) in [5.74, 6) is -0.692. The van der Waals surface area contributed by atoms with Gasteiger partial charge in [-0.25, -0.2) is 8.42 Å². The highest BCUT2D eigenvalue weighted by molar-refractivity contribution is 7.89. The molecule has 1 saturated heterocycles. The Balaban J connectivity index is 1.80. The van der Waals surface area contributed by atoms with E-state index in [0.717, 1.165) is 16.7 Å². The molecule has 5 nitrogen and oxygen atoms in total. The van der Waals surface area contributed by atoms with E-state index >= 15 is 0 Å². The van der Waals surface area contributed by atoms with Gasteiger partial charge in [0, 0.05) is 18.1 Å². The van der Waals surface area contributed by atoms with Gasteiger partial charge in [-0.2, -0.15) is 4.31 Å². The van der Waals surface area contributed by atoms with E-state index < -0.39 is 15.9 Å². The standard InChI is InChI=1S/C21H24Cl2N2O3S/c1-13-9-14(2)20(15(3)10-13)29(27,28)25-8-4-5-16(12-25)21(26)24-19-7-6-17(22)11-18(19)23/h6-7,9-11,16H,4-5,8,12H2,1-3H3,(H,24,26)/t16-/m1/s1.